The van der Waals surface area contributed by atoms with Gasteiger partial charge in [0.25, 0.3) is 0 Å². The van der Waals surface area contributed by atoms with E-state index in [9.17, 15) is 10.2 Å². The second kappa shape index (κ2) is 6.19. The summed E-state index contributed by atoms with van der Waals surface area (Å²) in [5.41, 5.74) is -0.554. The van der Waals surface area contributed by atoms with Crippen molar-refractivity contribution in [1.29, 1.82) is 0 Å². The standard InChI is InChI=1S/C15H28O2/c16-14-10-5-3-1-2-4-7-11-15(17)12-8-6-9-13(14)15/h13-14,16-17H,1-12H2/t13-,14+,15-/m1/s1. The van der Waals surface area contributed by atoms with Crippen LogP contribution in [0, 0.1) is 5.92 Å². The van der Waals surface area contributed by atoms with Gasteiger partial charge in [0.05, 0.1) is 11.7 Å². The molecular weight excluding hydrogens is 212 g/mol. The van der Waals surface area contributed by atoms with E-state index in [1.54, 1.807) is 0 Å². The first-order valence-electron chi connectivity index (χ1n) is 7.63. The number of rotatable bonds is 0. The van der Waals surface area contributed by atoms with Crippen molar-refractivity contribution in [3.63, 3.8) is 0 Å². The molecule has 2 aliphatic rings. The molecule has 0 unspecified atom stereocenters. The van der Waals surface area contributed by atoms with Gasteiger partial charge >= 0.3 is 0 Å². The minimum absolute atomic E-state index is 0.148. The van der Waals surface area contributed by atoms with Crippen molar-refractivity contribution in [1.82, 2.24) is 0 Å². The van der Waals surface area contributed by atoms with Crippen LogP contribution >= 0.6 is 0 Å². The highest BCUT2D eigenvalue weighted by atomic mass is 16.3. The Kier molecular flexibility index (Phi) is 4.87. The Hall–Kier alpha value is -0.0800. The topological polar surface area (TPSA) is 40.5 Å². The molecule has 2 rings (SSSR count). The summed E-state index contributed by atoms with van der Waals surface area (Å²) >= 11 is 0. The summed E-state index contributed by atoms with van der Waals surface area (Å²) in [6, 6.07) is 0. The van der Waals surface area contributed by atoms with E-state index in [4.69, 9.17) is 0 Å². The number of aliphatic hydroxyl groups excluding tert-OH is 1. The van der Waals surface area contributed by atoms with E-state index in [0.717, 1.165) is 44.9 Å². The molecule has 17 heavy (non-hydrogen) atoms. The lowest BCUT2D eigenvalue weighted by Gasteiger charge is -2.42. The third kappa shape index (κ3) is 3.45. The lowest BCUT2D eigenvalue weighted by molar-refractivity contribution is -0.104. The van der Waals surface area contributed by atoms with Crippen LogP contribution < -0.4 is 0 Å². The molecule has 0 radical (unpaired) electrons. The van der Waals surface area contributed by atoms with Gasteiger partial charge in [0.1, 0.15) is 0 Å². The second-order valence-electron chi connectivity index (χ2n) is 6.18. The summed E-state index contributed by atoms with van der Waals surface area (Å²) in [6.07, 6.45) is 13.2. The van der Waals surface area contributed by atoms with Gasteiger partial charge in [-0.2, -0.15) is 0 Å². The summed E-state index contributed by atoms with van der Waals surface area (Å²) in [5, 5.41) is 21.1. The average molecular weight is 240 g/mol. The van der Waals surface area contributed by atoms with Crippen molar-refractivity contribution in [2.75, 3.05) is 0 Å². The fourth-order valence-electron chi connectivity index (χ4n) is 3.80. The monoisotopic (exact) mass is 240 g/mol. The minimum atomic E-state index is -0.554. The summed E-state index contributed by atoms with van der Waals surface area (Å²) in [5.74, 6) is 0.148. The minimum Gasteiger partial charge on any atom is -0.393 e. The molecule has 0 bridgehead atoms. The van der Waals surface area contributed by atoms with Gasteiger partial charge in [0, 0.05) is 5.92 Å². The summed E-state index contributed by atoms with van der Waals surface area (Å²) < 4.78 is 0. The highest BCUT2D eigenvalue weighted by molar-refractivity contribution is 4.93. The van der Waals surface area contributed by atoms with Gasteiger partial charge in [-0.1, -0.05) is 51.4 Å². The maximum Gasteiger partial charge on any atom is 0.0700 e. The third-order valence-electron chi connectivity index (χ3n) is 4.89. The Balaban J connectivity index is 2.04. The van der Waals surface area contributed by atoms with Crippen LogP contribution in [0.25, 0.3) is 0 Å². The van der Waals surface area contributed by atoms with Crippen molar-refractivity contribution < 1.29 is 10.2 Å². The zero-order valence-electron chi connectivity index (χ0n) is 11.0. The molecule has 0 amide bonds. The van der Waals surface area contributed by atoms with Crippen molar-refractivity contribution in [3.05, 3.63) is 0 Å². The molecule has 0 saturated heterocycles. The number of hydrogen-bond donors (Lipinski definition) is 2. The number of hydrogen-bond acceptors (Lipinski definition) is 2. The van der Waals surface area contributed by atoms with Gasteiger partial charge in [-0.05, 0) is 25.7 Å². The van der Waals surface area contributed by atoms with E-state index in [-0.39, 0.29) is 12.0 Å². The Morgan fingerprint density at radius 2 is 1.24 bits per heavy atom. The first kappa shape index (κ1) is 13.4. The second-order valence-corrected chi connectivity index (χ2v) is 6.18. The van der Waals surface area contributed by atoms with Crippen LogP contribution in [0.4, 0.5) is 0 Å². The van der Waals surface area contributed by atoms with Crippen LogP contribution in [0.3, 0.4) is 0 Å². The van der Waals surface area contributed by atoms with E-state index in [2.05, 4.69) is 0 Å². The van der Waals surface area contributed by atoms with Crippen LogP contribution in [0.2, 0.25) is 0 Å². The molecule has 0 aliphatic heterocycles. The molecule has 2 saturated carbocycles. The van der Waals surface area contributed by atoms with Crippen molar-refractivity contribution >= 4 is 0 Å². The maximum atomic E-state index is 10.8. The highest BCUT2D eigenvalue weighted by Gasteiger charge is 2.41. The lowest BCUT2D eigenvalue weighted by Crippen LogP contribution is -2.46. The Morgan fingerprint density at radius 1 is 0.706 bits per heavy atom. The van der Waals surface area contributed by atoms with E-state index in [0.29, 0.717) is 0 Å². The quantitative estimate of drug-likeness (QED) is 0.681. The molecule has 3 atom stereocenters. The molecule has 2 N–H and O–H groups in total. The van der Waals surface area contributed by atoms with Crippen LogP contribution in [0.15, 0.2) is 0 Å². The molecule has 100 valence electrons. The zero-order chi connectivity index (χ0) is 12.1. The summed E-state index contributed by atoms with van der Waals surface area (Å²) in [6.45, 7) is 0. The molecule has 0 aromatic rings. The Morgan fingerprint density at radius 3 is 2.00 bits per heavy atom. The Bertz CT molecular complexity index is 229. The van der Waals surface area contributed by atoms with Crippen molar-refractivity contribution in [2.45, 2.75) is 88.8 Å². The molecule has 0 aromatic carbocycles. The van der Waals surface area contributed by atoms with Crippen LogP contribution in [-0.4, -0.2) is 21.9 Å². The number of aliphatic hydroxyl groups is 2. The first-order chi connectivity index (χ1) is 8.22. The molecule has 0 spiro atoms. The van der Waals surface area contributed by atoms with Gasteiger partial charge in [-0.25, -0.2) is 0 Å². The van der Waals surface area contributed by atoms with Gasteiger partial charge in [0.2, 0.25) is 0 Å². The summed E-state index contributed by atoms with van der Waals surface area (Å²) in [7, 11) is 0. The molecule has 2 heteroatoms. The van der Waals surface area contributed by atoms with Gasteiger partial charge in [0.15, 0.2) is 0 Å². The molecule has 0 aromatic heterocycles. The molecule has 2 nitrogen and oxygen atoms in total. The predicted molar refractivity (Wildman–Crippen MR) is 69.9 cm³/mol. The normalized spacial score (nSPS) is 41.3. The van der Waals surface area contributed by atoms with E-state index in [1.807, 2.05) is 0 Å². The largest absolute Gasteiger partial charge is 0.393 e. The smallest absolute Gasteiger partial charge is 0.0700 e. The van der Waals surface area contributed by atoms with Crippen molar-refractivity contribution in [3.8, 4) is 0 Å². The maximum absolute atomic E-state index is 10.8. The van der Waals surface area contributed by atoms with E-state index in [1.165, 1.54) is 32.1 Å². The van der Waals surface area contributed by atoms with Crippen LogP contribution in [0.1, 0.15) is 77.0 Å². The van der Waals surface area contributed by atoms with Crippen LogP contribution in [0.5, 0.6) is 0 Å². The van der Waals surface area contributed by atoms with Crippen molar-refractivity contribution in [2.24, 2.45) is 5.92 Å². The lowest BCUT2D eigenvalue weighted by atomic mass is 9.69. The summed E-state index contributed by atoms with van der Waals surface area (Å²) in [4.78, 5) is 0. The van der Waals surface area contributed by atoms with Gasteiger partial charge < -0.3 is 10.2 Å². The van der Waals surface area contributed by atoms with E-state index >= 15 is 0 Å². The third-order valence-corrected chi connectivity index (χ3v) is 4.89. The van der Waals surface area contributed by atoms with Gasteiger partial charge in [-0.3, -0.25) is 0 Å². The first-order valence-corrected chi connectivity index (χ1v) is 7.63. The molecule has 2 aliphatic carbocycles. The molecule has 0 heterocycles. The average Bonchev–Trinajstić information content (AvgIpc) is 2.34. The molecular formula is C15H28O2. The fraction of sp³-hybridized carbons (Fsp3) is 1.00. The Labute approximate surface area is 105 Å². The molecule has 2 fully saturated rings. The predicted octanol–water partition coefficient (Wildman–Crippen LogP) is 3.40. The van der Waals surface area contributed by atoms with Crippen LogP contribution in [-0.2, 0) is 0 Å². The highest BCUT2D eigenvalue weighted by Crippen LogP contribution is 2.41. The zero-order valence-corrected chi connectivity index (χ0v) is 11.0. The van der Waals surface area contributed by atoms with Gasteiger partial charge in [-0.15, -0.1) is 0 Å². The number of fused-ring (bicyclic) bond motifs is 1. The SMILES string of the molecule is O[C@H]1CCCCCCCC[C@@]2(O)CCCC[C@H]12. The fourth-order valence-corrected chi connectivity index (χ4v) is 3.80. The van der Waals surface area contributed by atoms with E-state index < -0.39 is 5.60 Å².